The van der Waals surface area contributed by atoms with Crippen LogP contribution < -0.4 is 5.73 Å². The van der Waals surface area contributed by atoms with E-state index in [0.717, 1.165) is 19.6 Å². The predicted molar refractivity (Wildman–Crippen MR) is 83.6 cm³/mol. The molecule has 2 unspecified atom stereocenters. The van der Waals surface area contributed by atoms with Gasteiger partial charge in [-0.1, -0.05) is 60.7 Å². The van der Waals surface area contributed by atoms with Gasteiger partial charge in [0.1, 0.15) is 0 Å². The number of amides is 1. The third-order valence-corrected chi connectivity index (χ3v) is 4.24. The summed E-state index contributed by atoms with van der Waals surface area (Å²) in [4.78, 5) is 14.1. The highest BCUT2D eigenvalue weighted by Crippen LogP contribution is 2.33. The largest absolute Gasteiger partial charge is 0.369 e. The van der Waals surface area contributed by atoms with E-state index in [1.54, 1.807) is 0 Å². The number of nitrogens with two attached hydrogens (primary N) is 1. The Kier molecular flexibility index (Phi) is 4.02. The molecule has 3 heteroatoms. The zero-order valence-electron chi connectivity index (χ0n) is 12.0. The number of primary amides is 1. The minimum absolute atomic E-state index is 0.101. The van der Waals surface area contributed by atoms with Crippen LogP contribution in [0.3, 0.4) is 0 Å². The Labute approximate surface area is 125 Å². The van der Waals surface area contributed by atoms with E-state index in [2.05, 4.69) is 29.2 Å². The van der Waals surface area contributed by atoms with Crippen molar-refractivity contribution in [2.75, 3.05) is 13.1 Å². The molecule has 108 valence electrons. The summed E-state index contributed by atoms with van der Waals surface area (Å²) >= 11 is 0. The molecule has 1 aliphatic heterocycles. The number of benzene rings is 2. The van der Waals surface area contributed by atoms with Crippen molar-refractivity contribution < 1.29 is 4.79 Å². The van der Waals surface area contributed by atoms with Crippen molar-refractivity contribution in [3.63, 3.8) is 0 Å². The van der Waals surface area contributed by atoms with E-state index in [1.165, 1.54) is 11.1 Å². The molecule has 3 nitrogen and oxygen atoms in total. The molecule has 0 aromatic heterocycles. The van der Waals surface area contributed by atoms with Gasteiger partial charge in [0.2, 0.25) is 5.91 Å². The molecule has 2 N–H and O–H groups in total. The quantitative estimate of drug-likeness (QED) is 0.934. The minimum Gasteiger partial charge on any atom is -0.369 e. The molecule has 1 fully saturated rings. The van der Waals surface area contributed by atoms with Gasteiger partial charge in [0.25, 0.3) is 0 Å². The first kappa shape index (κ1) is 13.8. The molecule has 0 saturated carbocycles. The van der Waals surface area contributed by atoms with E-state index in [9.17, 15) is 4.79 Å². The van der Waals surface area contributed by atoms with Gasteiger partial charge in [-0.15, -0.1) is 0 Å². The highest BCUT2D eigenvalue weighted by molar-refractivity contribution is 5.78. The first-order chi connectivity index (χ1) is 10.2. The van der Waals surface area contributed by atoms with Crippen molar-refractivity contribution in [1.29, 1.82) is 0 Å². The zero-order chi connectivity index (χ0) is 14.7. The van der Waals surface area contributed by atoms with E-state index < -0.39 is 0 Å². The molecule has 2 aromatic carbocycles. The first-order valence-corrected chi connectivity index (χ1v) is 7.34. The van der Waals surface area contributed by atoms with Crippen molar-refractivity contribution in [2.45, 2.75) is 12.5 Å². The van der Waals surface area contributed by atoms with Crippen molar-refractivity contribution in [2.24, 2.45) is 11.7 Å². The summed E-state index contributed by atoms with van der Waals surface area (Å²) in [6.45, 7) is 2.49. The molecule has 1 amide bonds. The van der Waals surface area contributed by atoms with Gasteiger partial charge in [0.15, 0.2) is 0 Å². The van der Waals surface area contributed by atoms with Crippen molar-refractivity contribution >= 4 is 5.91 Å². The number of carbonyl (C=O) groups excluding carboxylic acids is 1. The van der Waals surface area contributed by atoms with E-state index in [0.29, 0.717) is 0 Å². The lowest BCUT2D eigenvalue weighted by molar-refractivity contribution is -0.121. The Morgan fingerprint density at radius 3 is 2.24 bits per heavy atom. The summed E-state index contributed by atoms with van der Waals surface area (Å²) in [6.07, 6.45) is 0. The lowest BCUT2D eigenvalue weighted by atomic mass is 9.89. The van der Waals surface area contributed by atoms with Crippen molar-refractivity contribution in [3.05, 3.63) is 71.8 Å². The van der Waals surface area contributed by atoms with Gasteiger partial charge in [0.05, 0.1) is 5.92 Å². The van der Waals surface area contributed by atoms with E-state index in [-0.39, 0.29) is 17.7 Å². The topological polar surface area (TPSA) is 46.3 Å². The predicted octanol–water partition coefficient (Wildman–Crippen LogP) is 2.39. The van der Waals surface area contributed by atoms with Crippen LogP contribution >= 0.6 is 0 Å². The number of hydrogen-bond donors (Lipinski definition) is 1. The fourth-order valence-electron chi connectivity index (χ4n) is 3.18. The molecule has 0 radical (unpaired) electrons. The van der Waals surface area contributed by atoms with Crippen LogP contribution in [0.15, 0.2) is 60.7 Å². The summed E-state index contributed by atoms with van der Waals surface area (Å²) in [5.74, 6) is -0.0945. The van der Waals surface area contributed by atoms with Crippen LogP contribution in [-0.4, -0.2) is 23.9 Å². The molecule has 21 heavy (non-hydrogen) atoms. The first-order valence-electron chi connectivity index (χ1n) is 7.34. The number of rotatable bonds is 4. The molecular formula is C18H20N2O. The van der Waals surface area contributed by atoms with Crippen LogP contribution in [0.1, 0.15) is 17.0 Å². The number of nitrogens with zero attached hydrogens (tertiary/aromatic N) is 1. The molecule has 1 saturated heterocycles. The minimum atomic E-state index is -0.195. The Hall–Kier alpha value is -2.13. The van der Waals surface area contributed by atoms with Gasteiger partial charge in [-0.05, 0) is 11.1 Å². The molecule has 0 bridgehead atoms. The number of carbonyl (C=O) groups is 1. The van der Waals surface area contributed by atoms with Gasteiger partial charge in [-0.3, -0.25) is 9.69 Å². The second-order valence-corrected chi connectivity index (χ2v) is 5.71. The maximum absolute atomic E-state index is 11.8. The van der Waals surface area contributed by atoms with Gasteiger partial charge >= 0.3 is 0 Å². The van der Waals surface area contributed by atoms with Gasteiger partial charge < -0.3 is 5.73 Å². The van der Waals surface area contributed by atoms with Crippen LogP contribution in [0.5, 0.6) is 0 Å². The summed E-state index contributed by atoms with van der Waals surface area (Å²) in [6, 6.07) is 20.6. The smallest absolute Gasteiger partial charge is 0.222 e. The molecule has 1 heterocycles. The normalized spacial score (nSPS) is 22.3. The highest BCUT2D eigenvalue weighted by atomic mass is 16.1. The third kappa shape index (κ3) is 3.14. The lowest BCUT2D eigenvalue weighted by Gasteiger charge is -2.16. The van der Waals surface area contributed by atoms with Crippen LogP contribution in [-0.2, 0) is 11.3 Å². The molecule has 2 aromatic rings. The Morgan fingerprint density at radius 2 is 1.62 bits per heavy atom. The molecular weight excluding hydrogens is 260 g/mol. The van der Waals surface area contributed by atoms with Gasteiger partial charge in [-0.2, -0.15) is 0 Å². The van der Waals surface area contributed by atoms with Crippen LogP contribution in [0, 0.1) is 5.92 Å². The summed E-state index contributed by atoms with van der Waals surface area (Å²) < 4.78 is 0. The second kappa shape index (κ2) is 6.10. The third-order valence-electron chi connectivity index (χ3n) is 4.24. The van der Waals surface area contributed by atoms with Gasteiger partial charge in [0, 0.05) is 25.6 Å². The Bertz CT molecular complexity index is 597. The maximum Gasteiger partial charge on any atom is 0.222 e. The SMILES string of the molecule is NC(=O)C1CN(Cc2ccccc2)CC1c1ccccc1. The Balaban J connectivity index is 1.77. The fourth-order valence-corrected chi connectivity index (χ4v) is 3.18. The average molecular weight is 280 g/mol. The van der Waals surface area contributed by atoms with Crippen molar-refractivity contribution in [1.82, 2.24) is 4.90 Å². The van der Waals surface area contributed by atoms with E-state index >= 15 is 0 Å². The standard InChI is InChI=1S/C18H20N2O/c19-18(21)17-13-20(11-14-7-3-1-4-8-14)12-16(17)15-9-5-2-6-10-15/h1-10,16-17H,11-13H2,(H2,19,21). The summed E-state index contributed by atoms with van der Waals surface area (Å²) in [5, 5.41) is 0. The Morgan fingerprint density at radius 1 is 1.00 bits per heavy atom. The number of likely N-dealkylation sites (tertiary alicyclic amines) is 1. The molecule has 3 rings (SSSR count). The average Bonchev–Trinajstić information content (AvgIpc) is 2.93. The molecule has 1 aliphatic rings. The van der Waals surface area contributed by atoms with Gasteiger partial charge in [-0.25, -0.2) is 0 Å². The van der Waals surface area contributed by atoms with E-state index in [1.807, 2.05) is 36.4 Å². The van der Waals surface area contributed by atoms with Crippen molar-refractivity contribution in [3.8, 4) is 0 Å². The fraction of sp³-hybridized carbons (Fsp3) is 0.278. The van der Waals surface area contributed by atoms with Crippen LogP contribution in [0.2, 0.25) is 0 Å². The molecule has 2 atom stereocenters. The molecule has 0 spiro atoms. The van der Waals surface area contributed by atoms with Crippen LogP contribution in [0.4, 0.5) is 0 Å². The number of hydrogen-bond acceptors (Lipinski definition) is 2. The monoisotopic (exact) mass is 280 g/mol. The summed E-state index contributed by atoms with van der Waals surface area (Å²) in [7, 11) is 0. The van der Waals surface area contributed by atoms with Crippen LogP contribution in [0.25, 0.3) is 0 Å². The zero-order valence-corrected chi connectivity index (χ0v) is 12.0. The summed E-state index contributed by atoms with van der Waals surface area (Å²) in [5.41, 5.74) is 8.09. The maximum atomic E-state index is 11.8. The lowest BCUT2D eigenvalue weighted by Crippen LogP contribution is -2.29. The molecule has 0 aliphatic carbocycles. The van der Waals surface area contributed by atoms with E-state index in [4.69, 9.17) is 5.73 Å². The highest BCUT2D eigenvalue weighted by Gasteiger charge is 2.37. The second-order valence-electron chi connectivity index (χ2n) is 5.71.